The van der Waals surface area contributed by atoms with Gasteiger partial charge in [-0.1, -0.05) is 6.07 Å². The Balaban J connectivity index is 1.16. The number of benzene rings is 1. The summed E-state index contributed by atoms with van der Waals surface area (Å²) < 4.78 is 26.9. The zero-order valence-corrected chi connectivity index (χ0v) is 17.6. The van der Waals surface area contributed by atoms with Gasteiger partial charge in [0.25, 0.3) is 0 Å². The summed E-state index contributed by atoms with van der Waals surface area (Å²) in [4.78, 5) is 25.7. The summed E-state index contributed by atoms with van der Waals surface area (Å²) in [6.07, 6.45) is 7.08. The van der Waals surface area contributed by atoms with Crippen LogP contribution in [0, 0.1) is 23.0 Å². The number of likely N-dealkylation sites (tertiary alicyclic amines) is 1. The molecule has 2 aromatic rings. The maximum Gasteiger partial charge on any atom is 0.225 e. The molecule has 0 spiro atoms. The fourth-order valence-electron chi connectivity index (χ4n) is 5.00. The van der Waals surface area contributed by atoms with E-state index in [1.807, 2.05) is 11.0 Å². The molecule has 2 saturated heterocycles. The van der Waals surface area contributed by atoms with Crippen molar-refractivity contribution in [3.63, 3.8) is 0 Å². The van der Waals surface area contributed by atoms with Gasteiger partial charge >= 0.3 is 0 Å². The normalized spacial score (nSPS) is 23.2. The molecule has 2 unspecified atom stereocenters. The van der Waals surface area contributed by atoms with Crippen LogP contribution in [0.4, 0.5) is 14.7 Å². The highest BCUT2D eigenvalue weighted by molar-refractivity contribution is 5.77. The van der Waals surface area contributed by atoms with Crippen LogP contribution in [0.15, 0.2) is 30.6 Å². The van der Waals surface area contributed by atoms with Crippen molar-refractivity contribution in [2.24, 2.45) is 0 Å². The summed E-state index contributed by atoms with van der Waals surface area (Å²) >= 11 is 0. The predicted octanol–water partition coefficient (Wildman–Crippen LogP) is 2.48. The minimum absolute atomic E-state index is 0.0934. The average Bonchev–Trinajstić information content (AvgIpc) is 3.55. The van der Waals surface area contributed by atoms with Crippen molar-refractivity contribution >= 4 is 11.9 Å². The first-order valence-electron chi connectivity index (χ1n) is 11.0. The highest BCUT2D eigenvalue weighted by atomic mass is 19.2. The number of piperazine rings is 1. The second-order valence-electron chi connectivity index (χ2n) is 8.86. The Morgan fingerprint density at radius 1 is 1.16 bits per heavy atom. The molecule has 3 fully saturated rings. The number of aromatic nitrogens is 2. The Morgan fingerprint density at radius 2 is 1.84 bits per heavy atom. The van der Waals surface area contributed by atoms with Crippen LogP contribution in [0.3, 0.4) is 0 Å². The Hall–Kier alpha value is -3.12. The van der Waals surface area contributed by atoms with Crippen molar-refractivity contribution in [1.29, 1.82) is 5.26 Å². The summed E-state index contributed by atoms with van der Waals surface area (Å²) in [5.41, 5.74) is 0.816. The third-order valence-electron chi connectivity index (χ3n) is 6.86. The number of nitriles is 1. The summed E-state index contributed by atoms with van der Waals surface area (Å²) in [6, 6.07) is 6.40. The predicted molar refractivity (Wildman–Crippen MR) is 113 cm³/mol. The van der Waals surface area contributed by atoms with Crippen LogP contribution >= 0.6 is 0 Å². The first-order valence-corrected chi connectivity index (χ1v) is 11.0. The van der Waals surface area contributed by atoms with Crippen LogP contribution in [-0.4, -0.2) is 52.5 Å². The largest absolute Gasteiger partial charge is 0.339 e. The van der Waals surface area contributed by atoms with E-state index in [2.05, 4.69) is 20.2 Å². The lowest BCUT2D eigenvalue weighted by Gasteiger charge is -2.41. The lowest BCUT2D eigenvalue weighted by atomic mass is 10.0. The number of rotatable bonds is 6. The van der Waals surface area contributed by atoms with Gasteiger partial charge in [0, 0.05) is 43.7 Å². The molecule has 1 aliphatic carbocycles. The topological polar surface area (TPSA) is 85.2 Å². The van der Waals surface area contributed by atoms with Crippen molar-refractivity contribution < 1.29 is 13.6 Å². The van der Waals surface area contributed by atoms with Crippen LogP contribution < -0.4 is 10.2 Å². The monoisotopic (exact) mass is 438 g/mol. The molecule has 1 aromatic carbocycles. The number of nitrogens with zero attached hydrogens (tertiary/aromatic N) is 5. The van der Waals surface area contributed by atoms with E-state index >= 15 is 0 Å². The number of fused-ring (bicyclic) bond motifs is 2. The smallest absolute Gasteiger partial charge is 0.225 e. The molecular formula is C23H24F2N6O. The molecule has 7 nitrogen and oxygen atoms in total. The summed E-state index contributed by atoms with van der Waals surface area (Å²) in [6.45, 7) is 1.76. The van der Waals surface area contributed by atoms with Gasteiger partial charge in [0.05, 0.1) is 18.0 Å². The molecule has 1 saturated carbocycles. The number of anilines is 1. The number of halogens is 2. The Labute approximate surface area is 185 Å². The third-order valence-corrected chi connectivity index (χ3v) is 6.86. The molecule has 2 atom stereocenters. The second-order valence-corrected chi connectivity index (χ2v) is 8.86. The molecule has 5 rings (SSSR count). The van der Waals surface area contributed by atoms with Gasteiger partial charge in [0.1, 0.15) is 6.07 Å². The van der Waals surface area contributed by atoms with Crippen molar-refractivity contribution in [2.75, 3.05) is 24.5 Å². The number of hydrogen-bond donors (Lipinski definition) is 1. The van der Waals surface area contributed by atoms with Gasteiger partial charge in [-0.25, -0.2) is 18.7 Å². The van der Waals surface area contributed by atoms with E-state index in [0.29, 0.717) is 37.6 Å². The summed E-state index contributed by atoms with van der Waals surface area (Å²) in [5, 5.41) is 12.3. The lowest BCUT2D eigenvalue weighted by molar-refractivity contribution is -0.132. The molecule has 2 aliphatic heterocycles. The zero-order chi connectivity index (χ0) is 22.3. The molecule has 0 radical (unpaired) electrons. The summed E-state index contributed by atoms with van der Waals surface area (Å²) in [7, 11) is 0. The minimum Gasteiger partial charge on any atom is -0.339 e. The van der Waals surface area contributed by atoms with Crippen molar-refractivity contribution in [3.05, 3.63) is 53.4 Å². The molecule has 166 valence electrons. The minimum atomic E-state index is -0.847. The van der Waals surface area contributed by atoms with E-state index in [1.165, 1.54) is 18.5 Å². The second kappa shape index (κ2) is 8.10. The van der Waals surface area contributed by atoms with Crippen molar-refractivity contribution in [2.45, 2.75) is 49.7 Å². The average molecular weight is 438 g/mol. The van der Waals surface area contributed by atoms with Gasteiger partial charge in [-0.05, 0) is 43.4 Å². The van der Waals surface area contributed by atoms with E-state index in [4.69, 9.17) is 5.26 Å². The maximum atomic E-state index is 13.6. The standard InChI is InChI=1S/C23H24F2N6O/c24-19-4-1-16(9-20(19)25)23(6-7-23)29-8-5-21(32)30-13-17-2-3-18(14-30)31(17)22-27-11-15(10-26)12-28-22/h1,4,9,11-12,17-18,29H,2-3,5-8,13-14H2. The Morgan fingerprint density at radius 3 is 2.44 bits per heavy atom. The molecule has 1 aromatic heterocycles. The summed E-state index contributed by atoms with van der Waals surface area (Å²) in [5.74, 6) is -0.977. The molecule has 9 heteroatoms. The van der Waals surface area contributed by atoms with Gasteiger partial charge in [-0.2, -0.15) is 5.26 Å². The Kier molecular flexibility index (Phi) is 5.25. The molecule has 2 bridgehead atoms. The SMILES string of the molecule is N#Cc1cnc(N2C3CCC2CN(C(=O)CCNC2(c4ccc(F)c(F)c4)CC2)C3)nc1. The Bertz CT molecular complexity index is 1050. The third kappa shape index (κ3) is 3.79. The van der Waals surface area contributed by atoms with Crippen molar-refractivity contribution in [1.82, 2.24) is 20.2 Å². The number of hydrogen-bond acceptors (Lipinski definition) is 6. The molecule has 3 heterocycles. The number of carbonyl (C=O) groups excluding carboxylic acids is 1. The van der Waals surface area contributed by atoms with E-state index in [-0.39, 0.29) is 23.5 Å². The highest BCUT2D eigenvalue weighted by Gasteiger charge is 2.45. The van der Waals surface area contributed by atoms with Crippen LogP contribution in [0.1, 0.15) is 43.2 Å². The number of nitrogens with one attached hydrogen (secondary N) is 1. The first-order chi connectivity index (χ1) is 15.5. The van der Waals surface area contributed by atoms with Gasteiger partial charge in [-0.15, -0.1) is 0 Å². The van der Waals surface area contributed by atoms with Crippen LogP contribution in [0.5, 0.6) is 0 Å². The maximum absolute atomic E-state index is 13.6. The number of amides is 1. The number of carbonyl (C=O) groups is 1. The van der Waals surface area contributed by atoms with Crippen LogP contribution in [-0.2, 0) is 10.3 Å². The molecule has 3 aliphatic rings. The van der Waals surface area contributed by atoms with Crippen molar-refractivity contribution in [3.8, 4) is 6.07 Å². The fraction of sp³-hybridized carbons (Fsp3) is 0.478. The van der Waals surface area contributed by atoms with E-state index in [9.17, 15) is 13.6 Å². The lowest BCUT2D eigenvalue weighted by Crippen LogP contribution is -2.56. The van der Waals surface area contributed by atoms with Gasteiger partial charge in [0.2, 0.25) is 11.9 Å². The van der Waals surface area contributed by atoms with E-state index in [1.54, 1.807) is 6.07 Å². The first kappa shape index (κ1) is 20.8. The van der Waals surface area contributed by atoms with Gasteiger partial charge in [-0.3, -0.25) is 4.79 Å². The molecule has 1 amide bonds. The molecule has 32 heavy (non-hydrogen) atoms. The van der Waals surface area contributed by atoms with Gasteiger partial charge < -0.3 is 15.1 Å². The zero-order valence-electron chi connectivity index (χ0n) is 17.6. The highest BCUT2D eigenvalue weighted by Crippen LogP contribution is 2.45. The fourth-order valence-corrected chi connectivity index (χ4v) is 5.00. The quantitative estimate of drug-likeness (QED) is 0.746. The van der Waals surface area contributed by atoms with Gasteiger partial charge in [0.15, 0.2) is 11.6 Å². The van der Waals surface area contributed by atoms with Crippen LogP contribution in [0.2, 0.25) is 0 Å². The van der Waals surface area contributed by atoms with E-state index < -0.39 is 11.6 Å². The van der Waals surface area contributed by atoms with E-state index in [0.717, 1.165) is 37.3 Å². The molecule has 1 N–H and O–H groups in total. The van der Waals surface area contributed by atoms with Crippen LogP contribution in [0.25, 0.3) is 0 Å². The molecular weight excluding hydrogens is 414 g/mol.